The largest absolute Gasteiger partial charge is 0.480 e. The summed E-state index contributed by atoms with van der Waals surface area (Å²) in [6, 6.07) is -0.846. The molecule has 0 unspecified atom stereocenters. The number of hydrogen-bond acceptors (Lipinski definition) is 4. The minimum absolute atomic E-state index is 0.00716. The Morgan fingerprint density at radius 3 is 2.45 bits per heavy atom. The summed E-state index contributed by atoms with van der Waals surface area (Å²) in [7, 11) is 0. The van der Waals surface area contributed by atoms with Crippen LogP contribution >= 0.6 is 0 Å². The number of carbonyl (C=O) groups excluding carboxylic acids is 1. The summed E-state index contributed by atoms with van der Waals surface area (Å²) < 4.78 is 5.45. The number of aliphatic hydroxyl groups excluding tert-OH is 1. The van der Waals surface area contributed by atoms with Crippen LogP contribution in [0.5, 0.6) is 0 Å². The van der Waals surface area contributed by atoms with Crippen LogP contribution in [0.1, 0.15) is 25.7 Å². The van der Waals surface area contributed by atoms with Gasteiger partial charge in [0, 0.05) is 19.6 Å². The molecule has 2 saturated heterocycles. The Balaban J connectivity index is 1.84. The standard InChI is InChI=1S/C13H22N2O5/c16-8-9-20-10-3-6-14(7-4-10)13(19)15-5-1-2-11(15)12(17)18/h10-11,16H,1-9H2,(H,17,18)/t11-/m0/s1. The third-order valence-electron chi connectivity index (χ3n) is 3.94. The molecule has 7 nitrogen and oxygen atoms in total. The second-order valence-electron chi connectivity index (χ2n) is 5.25. The van der Waals surface area contributed by atoms with Crippen molar-refractivity contribution in [3.05, 3.63) is 0 Å². The van der Waals surface area contributed by atoms with Crippen molar-refractivity contribution >= 4 is 12.0 Å². The topological polar surface area (TPSA) is 90.3 Å². The van der Waals surface area contributed by atoms with E-state index in [1.165, 1.54) is 4.90 Å². The highest BCUT2D eigenvalue weighted by Gasteiger charge is 2.37. The Kier molecular flexibility index (Phi) is 5.19. The van der Waals surface area contributed by atoms with Crippen molar-refractivity contribution in [2.75, 3.05) is 32.8 Å². The first-order chi connectivity index (χ1) is 9.63. The van der Waals surface area contributed by atoms with Gasteiger partial charge in [-0.05, 0) is 25.7 Å². The molecule has 2 amide bonds. The molecule has 0 saturated carbocycles. The lowest BCUT2D eigenvalue weighted by atomic mass is 10.1. The van der Waals surface area contributed by atoms with Gasteiger partial charge in [-0.15, -0.1) is 0 Å². The van der Waals surface area contributed by atoms with Gasteiger partial charge < -0.3 is 24.7 Å². The van der Waals surface area contributed by atoms with E-state index in [2.05, 4.69) is 0 Å². The van der Waals surface area contributed by atoms with E-state index in [4.69, 9.17) is 14.9 Å². The molecule has 2 fully saturated rings. The number of urea groups is 1. The smallest absolute Gasteiger partial charge is 0.326 e. The van der Waals surface area contributed by atoms with Crippen molar-refractivity contribution in [2.45, 2.75) is 37.8 Å². The van der Waals surface area contributed by atoms with Gasteiger partial charge >= 0.3 is 12.0 Å². The second-order valence-corrected chi connectivity index (χ2v) is 5.25. The lowest BCUT2D eigenvalue weighted by Crippen LogP contribution is -2.51. The quantitative estimate of drug-likeness (QED) is 0.766. The highest BCUT2D eigenvalue weighted by atomic mass is 16.5. The summed E-state index contributed by atoms with van der Waals surface area (Å²) in [5.74, 6) is -0.919. The number of carbonyl (C=O) groups is 2. The van der Waals surface area contributed by atoms with Crippen molar-refractivity contribution in [3.8, 4) is 0 Å². The van der Waals surface area contributed by atoms with Gasteiger partial charge in [-0.3, -0.25) is 0 Å². The van der Waals surface area contributed by atoms with E-state index >= 15 is 0 Å². The zero-order chi connectivity index (χ0) is 14.5. The third kappa shape index (κ3) is 3.40. The average Bonchev–Trinajstić information content (AvgIpc) is 2.94. The van der Waals surface area contributed by atoms with Gasteiger partial charge in [0.1, 0.15) is 6.04 Å². The molecular weight excluding hydrogens is 264 g/mol. The number of nitrogens with zero attached hydrogens (tertiary/aromatic N) is 2. The molecular formula is C13H22N2O5. The first-order valence-corrected chi connectivity index (χ1v) is 7.14. The maximum absolute atomic E-state index is 12.3. The summed E-state index contributed by atoms with van der Waals surface area (Å²) in [6.07, 6.45) is 2.84. The Labute approximate surface area is 118 Å². The van der Waals surface area contributed by atoms with Crippen molar-refractivity contribution in [2.24, 2.45) is 0 Å². The fraction of sp³-hybridized carbons (Fsp3) is 0.846. The van der Waals surface area contributed by atoms with Gasteiger partial charge in [-0.1, -0.05) is 0 Å². The van der Waals surface area contributed by atoms with Crippen LogP contribution in [0, 0.1) is 0 Å². The van der Waals surface area contributed by atoms with Crippen LogP contribution in [0.25, 0.3) is 0 Å². The molecule has 0 aliphatic carbocycles. The van der Waals surface area contributed by atoms with Gasteiger partial charge in [0.05, 0.1) is 19.3 Å². The fourth-order valence-electron chi connectivity index (χ4n) is 2.87. The Bertz CT molecular complexity index is 355. The molecule has 114 valence electrons. The summed E-state index contributed by atoms with van der Waals surface area (Å²) in [5, 5.41) is 17.8. The average molecular weight is 286 g/mol. The first-order valence-electron chi connectivity index (χ1n) is 7.14. The zero-order valence-corrected chi connectivity index (χ0v) is 11.5. The zero-order valence-electron chi connectivity index (χ0n) is 11.5. The minimum Gasteiger partial charge on any atom is -0.480 e. The Morgan fingerprint density at radius 1 is 1.15 bits per heavy atom. The van der Waals surface area contributed by atoms with E-state index in [-0.39, 0.29) is 18.7 Å². The molecule has 20 heavy (non-hydrogen) atoms. The molecule has 0 aromatic carbocycles. The number of aliphatic hydroxyl groups is 1. The van der Waals surface area contributed by atoms with E-state index < -0.39 is 12.0 Å². The van der Waals surface area contributed by atoms with Gasteiger partial charge in [0.2, 0.25) is 0 Å². The summed E-state index contributed by atoms with van der Waals surface area (Å²) in [5.41, 5.74) is 0. The summed E-state index contributed by atoms with van der Waals surface area (Å²) in [6.45, 7) is 2.02. The number of likely N-dealkylation sites (tertiary alicyclic amines) is 2. The molecule has 2 N–H and O–H groups in total. The minimum atomic E-state index is -0.919. The van der Waals surface area contributed by atoms with E-state index in [0.29, 0.717) is 32.7 Å². The van der Waals surface area contributed by atoms with Gasteiger partial charge in [-0.25, -0.2) is 9.59 Å². The SMILES string of the molecule is O=C(O)[C@@H]1CCCN1C(=O)N1CCC(OCCO)CC1. The number of rotatable bonds is 4. The number of carboxylic acids is 1. The second kappa shape index (κ2) is 6.90. The van der Waals surface area contributed by atoms with Crippen LogP contribution in [0.2, 0.25) is 0 Å². The molecule has 2 heterocycles. The Hall–Kier alpha value is -1.34. The number of amides is 2. The molecule has 2 rings (SSSR count). The van der Waals surface area contributed by atoms with Crippen LogP contribution in [-0.4, -0.2) is 77.0 Å². The van der Waals surface area contributed by atoms with E-state index in [9.17, 15) is 9.59 Å². The molecule has 0 aromatic rings. The maximum Gasteiger partial charge on any atom is 0.326 e. The fourth-order valence-corrected chi connectivity index (χ4v) is 2.87. The predicted octanol–water partition coefficient (Wildman–Crippen LogP) is 0.129. The normalized spacial score (nSPS) is 24.1. The van der Waals surface area contributed by atoms with Crippen LogP contribution in [0.4, 0.5) is 4.79 Å². The van der Waals surface area contributed by atoms with Gasteiger partial charge in [0.15, 0.2) is 0 Å². The van der Waals surface area contributed by atoms with Gasteiger partial charge in [0.25, 0.3) is 0 Å². The van der Waals surface area contributed by atoms with Crippen molar-refractivity contribution < 1.29 is 24.5 Å². The molecule has 2 aliphatic heterocycles. The molecule has 1 atom stereocenters. The molecule has 0 aromatic heterocycles. The number of aliphatic carboxylic acids is 1. The van der Waals surface area contributed by atoms with Crippen LogP contribution in [0.15, 0.2) is 0 Å². The number of hydrogen-bond donors (Lipinski definition) is 2. The van der Waals surface area contributed by atoms with Crippen molar-refractivity contribution in [3.63, 3.8) is 0 Å². The van der Waals surface area contributed by atoms with E-state index in [1.54, 1.807) is 4.90 Å². The third-order valence-corrected chi connectivity index (χ3v) is 3.94. The number of piperidine rings is 1. The molecule has 0 bridgehead atoms. The Morgan fingerprint density at radius 2 is 1.85 bits per heavy atom. The summed E-state index contributed by atoms with van der Waals surface area (Å²) in [4.78, 5) is 26.6. The molecule has 7 heteroatoms. The molecule has 0 spiro atoms. The highest BCUT2D eigenvalue weighted by Crippen LogP contribution is 2.22. The van der Waals surface area contributed by atoms with Crippen molar-refractivity contribution in [1.82, 2.24) is 9.80 Å². The molecule has 2 aliphatic rings. The van der Waals surface area contributed by atoms with Crippen LogP contribution in [-0.2, 0) is 9.53 Å². The van der Waals surface area contributed by atoms with E-state index in [0.717, 1.165) is 19.3 Å². The maximum atomic E-state index is 12.3. The first kappa shape index (κ1) is 15.1. The summed E-state index contributed by atoms with van der Waals surface area (Å²) >= 11 is 0. The number of carboxylic acid groups (broad SMARTS) is 1. The lowest BCUT2D eigenvalue weighted by molar-refractivity contribution is -0.141. The van der Waals surface area contributed by atoms with Crippen LogP contribution < -0.4 is 0 Å². The predicted molar refractivity (Wildman–Crippen MR) is 70.4 cm³/mol. The van der Waals surface area contributed by atoms with E-state index in [1.807, 2.05) is 0 Å². The monoisotopic (exact) mass is 286 g/mol. The highest BCUT2D eigenvalue weighted by molar-refractivity contribution is 5.83. The van der Waals surface area contributed by atoms with Crippen molar-refractivity contribution in [1.29, 1.82) is 0 Å². The van der Waals surface area contributed by atoms with Gasteiger partial charge in [-0.2, -0.15) is 0 Å². The molecule has 0 radical (unpaired) electrons. The lowest BCUT2D eigenvalue weighted by Gasteiger charge is -2.35. The van der Waals surface area contributed by atoms with Crippen LogP contribution in [0.3, 0.4) is 0 Å². The number of ether oxygens (including phenoxy) is 1.